The molecule has 0 aromatic rings. The molecule has 3 nitrogen and oxygen atoms in total. The quantitative estimate of drug-likeness (QED) is 0.764. The molecule has 0 saturated carbocycles. The third kappa shape index (κ3) is 2.92. The Hall–Kier alpha value is -0.220. The smallest absolute Gasteiger partial charge is 0.240 e. The van der Waals surface area contributed by atoms with E-state index in [4.69, 9.17) is 5.73 Å². The van der Waals surface area contributed by atoms with Gasteiger partial charge in [0.15, 0.2) is 0 Å². The predicted molar refractivity (Wildman–Crippen MR) is 70.5 cm³/mol. The number of hydrogen-bond acceptors (Lipinski definition) is 3. The maximum absolute atomic E-state index is 12.3. The van der Waals surface area contributed by atoms with E-state index in [0.29, 0.717) is 11.3 Å². The molecule has 1 fully saturated rings. The first-order valence-corrected chi connectivity index (χ1v) is 6.97. The van der Waals surface area contributed by atoms with Gasteiger partial charge in [0.1, 0.15) is 0 Å². The van der Waals surface area contributed by atoms with Crippen LogP contribution in [0.25, 0.3) is 0 Å². The van der Waals surface area contributed by atoms with E-state index in [2.05, 4.69) is 13.8 Å². The molecule has 0 aromatic carbocycles. The van der Waals surface area contributed by atoms with E-state index >= 15 is 0 Å². The standard InChI is InChI=1S/C12H24N2OS/c1-8-9(2)16-7-6-14(8)11(15)10(13)12(3,4)5/h8-10H,6-7,13H2,1-5H3/t8?,9?,10-/m1/s1. The SMILES string of the molecule is CC1SCCN(C(=O)[C@@H](N)C(C)(C)C)C1C. The van der Waals surface area contributed by atoms with Gasteiger partial charge in [0, 0.05) is 23.6 Å². The summed E-state index contributed by atoms with van der Waals surface area (Å²) in [6, 6.07) is -0.107. The Labute approximate surface area is 103 Å². The molecule has 1 saturated heterocycles. The molecule has 2 unspecified atom stereocenters. The van der Waals surface area contributed by atoms with Crippen molar-refractivity contribution >= 4 is 17.7 Å². The molecule has 0 aromatic heterocycles. The van der Waals surface area contributed by atoms with E-state index in [1.165, 1.54) is 0 Å². The first-order chi connectivity index (χ1) is 7.25. The highest BCUT2D eigenvalue weighted by Gasteiger charge is 2.36. The van der Waals surface area contributed by atoms with E-state index in [-0.39, 0.29) is 11.3 Å². The van der Waals surface area contributed by atoms with Crippen LogP contribution < -0.4 is 5.73 Å². The van der Waals surface area contributed by atoms with Gasteiger partial charge in [-0.2, -0.15) is 11.8 Å². The van der Waals surface area contributed by atoms with Gasteiger partial charge in [-0.1, -0.05) is 27.7 Å². The van der Waals surface area contributed by atoms with Crippen molar-refractivity contribution in [3.8, 4) is 0 Å². The zero-order chi connectivity index (χ0) is 12.5. The molecule has 1 aliphatic heterocycles. The number of carbonyl (C=O) groups excluding carboxylic acids is 1. The summed E-state index contributed by atoms with van der Waals surface area (Å²) in [5, 5.41) is 0.505. The minimum Gasteiger partial charge on any atom is -0.337 e. The minimum atomic E-state index is -0.398. The third-order valence-electron chi connectivity index (χ3n) is 3.37. The fourth-order valence-electron chi connectivity index (χ4n) is 1.79. The van der Waals surface area contributed by atoms with Gasteiger partial charge in [-0.25, -0.2) is 0 Å². The van der Waals surface area contributed by atoms with Crippen LogP contribution in [0.2, 0.25) is 0 Å². The van der Waals surface area contributed by atoms with E-state index < -0.39 is 6.04 Å². The molecule has 2 N–H and O–H groups in total. The van der Waals surface area contributed by atoms with Gasteiger partial charge in [0.25, 0.3) is 0 Å². The van der Waals surface area contributed by atoms with Gasteiger partial charge in [-0.15, -0.1) is 0 Å². The van der Waals surface area contributed by atoms with Gasteiger partial charge in [-0.05, 0) is 12.3 Å². The maximum Gasteiger partial charge on any atom is 0.240 e. The molecule has 0 spiro atoms. The summed E-state index contributed by atoms with van der Waals surface area (Å²) in [5.74, 6) is 1.13. The summed E-state index contributed by atoms with van der Waals surface area (Å²) in [6.07, 6.45) is 0. The molecule has 0 aliphatic carbocycles. The molecular weight excluding hydrogens is 220 g/mol. The van der Waals surface area contributed by atoms with Crippen LogP contribution in [0.5, 0.6) is 0 Å². The second-order valence-electron chi connectivity index (χ2n) is 5.69. The van der Waals surface area contributed by atoms with Crippen LogP contribution in [0.4, 0.5) is 0 Å². The van der Waals surface area contributed by atoms with Gasteiger partial charge >= 0.3 is 0 Å². The van der Waals surface area contributed by atoms with Crippen molar-refractivity contribution in [2.45, 2.75) is 52.0 Å². The molecular formula is C12H24N2OS. The Bertz CT molecular complexity index is 262. The van der Waals surface area contributed by atoms with Gasteiger partial charge in [-0.3, -0.25) is 4.79 Å². The van der Waals surface area contributed by atoms with E-state index in [9.17, 15) is 4.79 Å². The summed E-state index contributed by atoms with van der Waals surface area (Å²) in [6.45, 7) is 11.2. The fourth-order valence-corrected chi connectivity index (χ4v) is 2.89. The summed E-state index contributed by atoms with van der Waals surface area (Å²) in [7, 11) is 0. The van der Waals surface area contributed by atoms with E-state index in [1.807, 2.05) is 37.4 Å². The zero-order valence-corrected chi connectivity index (χ0v) is 11.8. The topological polar surface area (TPSA) is 46.3 Å². The number of carbonyl (C=O) groups is 1. The van der Waals surface area contributed by atoms with Gasteiger partial charge in [0.05, 0.1) is 6.04 Å². The average molecular weight is 244 g/mol. The second-order valence-corrected chi connectivity index (χ2v) is 7.18. The number of rotatable bonds is 1. The molecule has 4 heteroatoms. The van der Waals surface area contributed by atoms with Crippen LogP contribution in [0.15, 0.2) is 0 Å². The average Bonchev–Trinajstić information content (AvgIpc) is 2.18. The monoisotopic (exact) mass is 244 g/mol. The highest BCUT2D eigenvalue weighted by molar-refractivity contribution is 8.00. The lowest BCUT2D eigenvalue weighted by atomic mass is 9.86. The first kappa shape index (κ1) is 13.8. The van der Waals surface area contributed by atoms with Crippen molar-refractivity contribution in [1.82, 2.24) is 4.90 Å². The predicted octanol–water partition coefficient (Wildman–Crippen LogP) is 1.71. The molecule has 1 amide bonds. The lowest BCUT2D eigenvalue weighted by Gasteiger charge is -2.40. The summed E-state index contributed by atoms with van der Waals surface area (Å²) in [5.41, 5.74) is 5.87. The maximum atomic E-state index is 12.3. The van der Waals surface area contributed by atoms with E-state index in [1.54, 1.807) is 0 Å². The summed E-state index contributed by atoms with van der Waals surface area (Å²) < 4.78 is 0. The van der Waals surface area contributed by atoms with E-state index in [0.717, 1.165) is 12.3 Å². The molecule has 16 heavy (non-hydrogen) atoms. The van der Waals surface area contributed by atoms with Crippen LogP contribution in [-0.4, -0.2) is 40.4 Å². The lowest BCUT2D eigenvalue weighted by Crippen LogP contribution is -2.56. The van der Waals surface area contributed by atoms with Crippen LogP contribution in [0.3, 0.4) is 0 Å². The Morgan fingerprint density at radius 3 is 2.50 bits per heavy atom. The Balaban J connectivity index is 2.73. The summed E-state index contributed by atoms with van der Waals surface area (Å²) >= 11 is 1.93. The molecule has 1 rings (SSSR count). The largest absolute Gasteiger partial charge is 0.337 e. The molecule has 3 atom stereocenters. The molecule has 0 radical (unpaired) electrons. The fraction of sp³-hybridized carbons (Fsp3) is 0.917. The second kappa shape index (κ2) is 4.96. The number of amides is 1. The molecule has 0 bridgehead atoms. The van der Waals surface area contributed by atoms with Crippen molar-refractivity contribution in [3.05, 3.63) is 0 Å². The molecule has 1 heterocycles. The Morgan fingerprint density at radius 1 is 1.44 bits per heavy atom. The van der Waals surface area contributed by atoms with Gasteiger partial charge < -0.3 is 10.6 Å². The van der Waals surface area contributed by atoms with Crippen molar-refractivity contribution in [2.24, 2.45) is 11.1 Å². The third-order valence-corrected chi connectivity index (χ3v) is 4.70. The van der Waals surface area contributed by atoms with Crippen molar-refractivity contribution < 1.29 is 4.79 Å². The normalized spacial score (nSPS) is 29.0. The molecule has 1 aliphatic rings. The van der Waals surface area contributed by atoms with Crippen molar-refractivity contribution in [2.75, 3.05) is 12.3 Å². The highest BCUT2D eigenvalue weighted by Crippen LogP contribution is 2.27. The Morgan fingerprint density at radius 2 is 2.00 bits per heavy atom. The summed E-state index contributed by atoms with van der Waals surface area (Å²) in [4.78, 5) is 14.2. The minimum absolute atomic E-state index is 0.104. The van der Waals surface area contributed by atoms with Crippen molar-refractivity contribution in [1.29, 1.82) is 0 Å². The van der Waals surface area contributed by atoms with Gasteiger partial charge in [0.2, 0.25) is 5.91 Å². The first-order valence-electron chi connectivity index (χ1n) is 5.93. The number of thioether (sulfide) groups is 1. The van der Waals surface area contributed by atoms with Crippen LogP contribution in [0, 0.1) is 5.41 Å². The lowest BCUT2D eigenvalue weighted by molar-refractivity contribution is -0.136. The van der Waals surface area contributed by atoms with Crippen molar-refractivity contribution in [3.63, 3.8) is 0 Å². The number of hydrogen-bond donors (Lipinski definition) is 1. The zero-order valence-electron chi connectivity index (χ0n) is 11.0. The highest BCUT2D eigenvalue weighted by atomic mass is 32.2. The van der Waals surface area contributed by atoms with Crippen LogP contribution in [-0.2, 0) is 4.79 Å². The number of nitrogens with two attached hydrogens (primary N) is 1. The van der Waals surface area contributed by atoms with Crippen LogP contribution in [0.1, 0.15) is 34.6 Å². The van der Waals surface area contributed by atoms with Crippen LogP contribution >= 0.6 is 11.8 Å². The Kier molecular flexibility index (Phi) is 4.29. The number of nitrogens with zero attached hydrogens (tertiary/aromatic N) is 1. The molecule has 94 valence electrons.